The van der Waals surface area contributed by atoms with Crippen LogP contribution in [0.5, 0.6) is 0 Å². The van der Waals surface area contributed by atoms with Gasteiger partial charge in [-0.2, -0.15) is 0 Å². The number of rotatable bonds is 16. The first-order valence-corrected chi connectivity index (χ1v) is 15.6. The maximum Gasteiger partial charge on any atom is 0.113 e. The average Bonchev–Trinajstić information content (AvgIpc) is 3.07. The molecule has 5 atom stereocenters. The van der Waals surface area contributed by atoms with Gasteiger partial charge in [0.2, 0.25) is 0 Å². The number of hydrogen-bond acceptors (Lipinski definition) is 5. The van der Waals surface area contributed by atoms with E-state index in [1.54, 1.807) is 0 Å². The molecule has 0 aromatic heterocycles. The average molecular weight is 580 g/mol. The number of hydrogen-bond donors (Lipinski definition) is 1. The number of piperidine rings is 1. The molecule has 0 saturated carbocycles. The molecule has 0 unspecified atom stereocenters. The quantitative estimate of drug-likeness (QED) is 0.149. The highest BCUT2D eigenvalue weighted by atomic mass is 16.6. The Morgan fingerprint density at radius 2 is 0.884 bits per heavy atom. The summed E-state index contributed by atoms with van der Waals surface area (Å²) in [6.45, 7) is 4.78. The zero-order valence-corrected chi connectivity index (χ0v) is 25.2. The minimum Gasteiger partial charge on any atom is -0.375 e. The zero-order valence-electron chi connectivity index (χ0n) is 25.2. The predicted octanol–water partition coefficient (Wildman–Crippen LogP) is 7.49. The molecule has 1 fully saturated rings. The van der Waals surface area contributed by atoms with Gasteiger partial charge >= 0.3 is 0 Å². The van der Waals surface area contributed by atoms with E-state index in [0.29, 0.717) is 33.0 Å². The van der Waals surface area contributed by atoms with Gasteiger partial charge in [0.1, 0.15) is 18.3 Å². The largest absolute Gasteiger partial charge is 0.375 e. The molecule has 1 heterocycles. The SMILES string of the molecule is CCCC[C@@H]1N[C@H](COCc2ccccc2)[C@@H](OCc2ccccc2)[C@H](OCc2ccccc2)[C@H]1OCc1ccccc1. The summed E-state index contributed by atoms with van der Waals surface area (Å²) >= 11 is 0. The Balaban J connectivity index is 1.41. The second-order valence-corrected chi connectivity index (χ2v) is 11.3. The molecule has 4 aromatic carbocycles. The highest BCUT2D eigenvalue weighted by molar-refractivity contribution is 5.17. The molecule has 5 nitrogen and oxygen atoms in total. The lowest BCUT2D eigenvalue weighted by molar-refractivity contribution is -0.195. The summed E-state index contributed by atoms with van der Waals surface area (Å²) in [6.07, 6.45) is 2.44. The second-order valence-electron chi connectivity index (χ2n) is 11.3. The van der Waals surface area contributed by atoms with E-state index in [9.17, 15) is 0 Å². The van der Waals surface area contributed by atoms with E-state index in [0.717, 1.165) is 41.5 Å². The molecule has 1 N–H and O–H groups in total. The van der Waals surface area contributed by atoms with Crippen molar-refractivity contribution in [3.05, 3.63) is 144 Å². The van der Waals surface area contributed by atoms with E-state index in [-0.39, 0.29) is 30.4 Å². The van der Waals surface area contributed by atoms with Gasteiger partial charge in [0.15, 0.2) is 0 Å². The molecule has 0 aliphatic carbocycles. The summed E-state index contributed by atoms with van der Waals surface area (Å²) in [4.78, 5) is 0. The van der Waals surface area contributed by atoms with Crippen LogP contribution in [0.3, 0.4) is 0 Å². The van der Waals surface area contributed by atoms with Gasteiger partial charge in [0.05, 0.1) is 39.1 Å². The van der Waals surface area contributed by atoms with Crippen LogP contribution in [0.4, 0.5) is 0 Å². The first kappa shape index (κ1) is 31.1. The summed E-state index contributed by atoms with van der Waals surface area (Å²) in [5.74, 6) is 0. The van der Waals surface area contributed by atoms with Crippen LogP contribution in [0.1, 0.15) is 48.4 Å². The summed E-state index contributed by atoms with van der Waals surface area (Å²) in [7, 11) is 0. The molecule has 1 aliphatic heterocycles. The Bertz CT molecular complexity index is 1290. The van der Waals surface area contributed by atoms with Crippen LogP contribution in [0, 0.1) is 0 Å². The maximum atomic E-state index is 6.83. The minimum atomic E-state index is -0.291. The monoisotopic (exact) mass is 579 g/mol. The highest BCUT2D eigenvalue weighted by Gasteiger charge is 2.46. The third-order valence-corrected chi connectivity index (χ3v) is 8.00. The molecule has 5 heteroatoms. The number of ether oxygens (including phenoxy) is 4. The fourth-order valence-electron chi connectivity index (χ4n) is 5.71. The summed E-state index contributed by atoms with van der Waals surface area (Å²) in [6, 6.07) is 41.4. The van der Waals surface area contributed by atoms with Gasteiger partial charge in [-0.05, 0) is 28.7 Å². The van der Waals surface area contributed by atoms with E-state index in [2.05, 4.69) is 85.0 Å². The van der Waals surface area contributed by atoms with Crippen LogP contribution in [-0.4, -0.2) is 37.0 Å². The summed E-state index contributed by atoms with van der Waals surface area (Å²) in [5.41, 5.74) is 4.56. The van der Waals surface area contributed by atoms with Crippen molar-refractivity contribution in [1.82, 2.24) is 5.32 Å². The third-order valence-electron chi connectivity index (χ3n) is 8.00. The van der Waals surface area contributed by atoms with Crippen LogP contribution in [-0.2, 0) is 45.4 Å². The molecule has 0 bridgehead atoms. The molecule has 1 saturated heterocycles. The van der Waals surface area contributed by atoms with Gasteiger partial charge < -0.3 is 24.3 Å². The van der Waals surface area contributed by atoms with E-state index < -0.39 is 0 Å². The van der Waals surface area contributed by atoms with Crippen molar-refractivity contribution in [1.29, 1.82) is 0 Å². The van der Waals surface area contributed by atoms with Gasteiger partial charge in [0, 0.05) is 6.04 Å². The molecule has 0 spiro atoms. The second kappa shape index (κ2) is 17.1. The van der Waals surface area contributed by atoms with Gasteiger partial charge in [-0.15, -0.1) is 0 Å². The Morgan fingerprint density at radius 3 is 1.33 bits per heavy atom. The van der Waals surface area contributed by atoms with E-state index in [1.165, 1.54) is 0 Å². The zero-order chi connectivity index (χ0) is 29.5. The fraction of sp³-hybridized carbons (Fsp3) is 0.368. The molecule has 0 radical (unpaired) electrons. The van der Waals surface area contributed by atoms with Gasteiger partial charge in [0.25, 0.3) is 0 Å². The molecule has 226 valence electrons. The molecule has 4 aromatic rings. The number of benzene rings is 4. The molecular formula is C38H45NO4. The Morgan fingerprint density at radius 1 is 0.488 bits per heavy atom. The van der Waals surface area contributed by atoms with E-state index >= 15 is 0 Å². The van der Waals surface area contributed by atoms with Crippen molar-refractivity contribution in [3.8, 4) is 0 Å². The van der Waals surface area contributed by atoms with Gasteiger partial charge in [-0.25, -0.2) is 0 Å². The number of unbranched alkanes of at least 4 members (excludes halogenated alkanes) is 1. The van der Waals surface area contributed by atoms with Crippen molar-refractivity contribution in [2.24, 2.45) is 0 Å². The predicted molar refractivity (Wildman–Crippen MR) is 171 cm³/mol. The minimum absolute atomic E-state index is 0.0633. The van der Waals surface area contributed by atoms with E-state index in [4.69, 9.17) is 18.9 Å². The van der Waals surface area contributed by atoms with Crippen molar-refractivity contribution < 1.29 is 18.9 Å². The van der Waals surface area contributed by atoms with Crippen LogP contribution in [0.2, 0.25) is 0 Å². The standard InChI is InChI=1S/C38H45NO4/c1-2-3-24-34-36(41-26-31-18-10-5-11-19-31)38(43-28-33-22-14-7-15-23-33)37(42-27-32-20-12-6-13-21-32)35(39-34)29-40-25-30-16-8-4-9-17-30/h4-23,34-39H,2-3,24-29H2,1H3/t34-,35+,36-,37+,38+/m0/s1. The lowest BCUT2D eigenvalue weighted by Crippen LogP contribution is -2.67. The molecule has 5 rings (SSSR count). The van der Waals surface area contributed by atoms with Gasteiger partial charge in [-0.1, -0.05) is 141 Å². The first-order chi connectivity index (χ1) is 21.3. The third kappa shape index (κ3) is 9.59. The fourth-order valence-corrected chi connectivity index (χ4v) is 5.71. The van der Waals surface area contributed by atoms with E-state index in [1.807, 2.05) is 48.5 Å². The smallest absolute Gasteiger partial charge is 0.113 e. The summed E-state index contributed by atoms with van der Waals surface area (Å²) < 4.78 is 26.7. The highest BCUT2D eigenvalue weighted by Crippen LogP contribution is 2.29. The Kier molecular flexibility index (Phi) is 12.4. The molecular weight excluding hydrogens is 534 g/mol. The molecule has 43 heavy (non-hydrogen) atoms. The molecule has 0 amide bonds. The molecule has 1 aliphatic rings. The van der Waals surface area contributed by atoms with Crippen LogP contribution in [0.15, 0.2) is 121 Å². The van der Waals surface area contributed by atoms with Crippen LogP contribution in [0.25, 0.3) is 0 Å². The lowest BCUT2D eigenvalue weighted by Gasteiger charge is -2.47. The van der Waals surface area contributed by atoms with Crippen molar-refractivity contribution in [2.45, 2.75) is 83.0 Å². The van der Waals surface area contributed by atoms with Crippen molar-refractivity contribution >= 4 is 0 Å². The number of nitrogens with one attached hydrogen (secondary N) is 1. The Hall–Kier alpha value is -3.32. The lowest BCUT2D eigenvalue weighted by atomic mass is 9.87. The maximum absolute atomic E-state index is 6.83. The Labute approximate surface area is 257 Å². The van der Waals surface area contributed by atoms with Crippen molar-refractivity contribution in [2.75, 3.05) is 6.61 Å². The normalized spacial score (nSPS) is 21.9. The first-order valence-electron chi connectivity index (χ1n) is 15.6. The summed E-state index contributed by atoms with van der Waals surface area (Å²) in [5, 5.41) is 3.92. The topological polar surface area (TPSA) is 49.0 Å². The van der Waals surface area contributed by atoms with Gasteiger partial charge in [-0.3, -0.25) is 0 Å². The van der Waals surface area contributed by atoms with Crippen molar-refractivity contribution in [3.63, 3.8) is 0 Å². The van der Waals surface area contributed by atoms with Crippen LogP contribution >= 0.6 is 0 Å². The van der Waals surface area contributed by atoms with Crippen LogP contribution < -0.4 is 5.32 Å².